The molecule has 0 unspecified atom stereocenters. The zero-order valence-electron chi connectivity index (χ0n) is 15.4. The Morgan fingerprint density at radius 3 is 2.55 bits per heavy atom. The highest BCUT2D eigenvalue weighted by atomic mass is 35.5. The average molecular weight is 412 g/mol. The summed E-state index contributed by atoms with van der Waals surface area (Å²) in [6.07, 6.45) is 1.50. The maximum atomic E-state index is 12.4. The van der Waals surface area contributed by atoms with Crippen LogP contribution in [0.2, 0.25) is 5.02 Å². The maximum absolute atomic E-state index is 12.4. The van der Waals surface area contributed by atoms with Gasteiger partial charge in [-0.2, -0.15) is 5.26 Å². The number of nitro benzene ring substituents is 1. The standard InChI is InChI=1S/C20H18ClN5O3/c21-16-4-3-5-17(12-16)25-10-8-24(9-11-25)14-15(13-22)20(27)23-18-6-1-2-7-19(18)26(28)29/h1-7,12,14H,8-11H2,(H,23,27)/b15-14-. The Labute approximate surface area is 172 Å². The number of carbonyl (C=O) groups is 1. The summed E-state index contributed by atoms with van der Waals surface area (Å²) in [5, 5.41) is 23.6. The number of amides is 1. The van der Waals surface area contributed by atoms with E-state index in [0.717, 1.165) is 5.69 Å². The second-order valence-electron chi connectivity index (χ2n) is 6.39. The lowest BCUT2D eigenvalue weighted by Crippen LogP contribution is -2.44. The fraction of sp³-hybridized carbons (Fsp3) is 0.200. The van der Waals surface area contributed by atoms with Gasteiger partial charge in [0.05, 0.1) is 4.92 Å². The van der Waals surface area contributed by atoms with Crippen molar-refractivity contribution in [1.82, 2.24) is 4.90 Å². The summed E-state index contributed by atoms with van der Waals surface area (Å²) in [4.78, 5) is 27.0. The molecule has 2 aromatic carbocycles. The number of nitrogens with zero attached hydrogens (tertiary/aromatic N) is 4. The van der Waals surface area contributed by atoms with E-state index in [9.17, 15) is 20.2 Å². The number of hydrogen-bond donors (Lipinski definition) is 1. The Bertz CT molecular complexity index is 994. The fourth-order valence-corrected chi connectivity index (χ4v) is 3.22. The van der Waals surface area contributed by atoms with Crippen molar-refractivity contribution < 1.29 is 9.72 Å². The molecule has 0 atom stereocenters. The minimum absolute atomic E-state index is 0.0504. The van der Waals surface area contributed by atoms with Crippen LogP contribution in [0.5, 0.6) is 0 Å². The van der Waals surface area contributed by atoms with Crippen molar-refractivity contribution in [3.05, 3.63) is 75.4 Å². The molecule has 1 saturated heterocycles. The molecule has 0 bridgehead atoms. The minimum Gasteiger partial charge on any atom is -0.373 e. The van der Waals surface area contributed by atoms with Gasteiger partial charge in [-0.1, -0.05) is 29.8 Å². The predicted octanol–water partition coefficient (Wildman–Crippen LogP) is 3.42. The van der Waals surface area contributed by atoms with Gasteiger partial charge in [-0.25, -0.2) is 0 Å². The van der Waals surface area contributed by atoms with Crippen molar-refractivity contribution in [3.8, 4) is 6.07 Å². The van der Waals surface area contributed by atoms with E-state index >= 15 is 0 Å². The van der Waals surface area contributed by atoms with E-state index in [0.29, 0.717) is 31.2 Å². The van der Waals surface area contributed by atoms with Gasteiger partial charge in [0, 0.05) is 49.2 Å². The molecule has 2 aromatic rings. The summed E-state index contributed by atoms with van der Waals surface area (Å²) in [7, 11) is 0. The number of nitrogens with one attached hydrogen (secondary N) is 1. The first-order chi connectivity index (χ1) is 14.0. The van der Waals surface area contributed by atoms with E-state index in [4.69, 9.17) is 11.6 Å². The molecule has 3 rings (SSSR count). The predicted molar refractivity (Wildman–Crippen MR) is 111 cm³/mol. The Balaban J connectivity index is 1.66. The number of hydrogen-bond acceptors (Lipinski definition) is 6. The molecule has 1 amide bonds. The zero-order valence-corrected chi connectivity index (χ0v) is 16.2. The molecule has 0 saturated carbocycles. The lowest BCUT2D eigenvalue weighted by atomic mass is 10.2. The topological polar surface area (TPSA) is 103 Å². The third-order valence-electron chi connectivity index (χ3n) is 4.51. The molecule has 1 N–H and O–H groups in total. The molecule has 8 nitrogen and oxygen atoms in total. The minimum atomic E-state index is -0.681. The second kappa shape index (κ2) is 9.08. The molecule has 0 spiro atoms. The summed E-state index contributed by atoms with van der Waals surface area (Å²) in [6.45, 7) is 2.66. The molecule has 0 aliphatic carbocycles. The highest BCUT2D eigenvalue weighted by Crippen LogP contribution is 2.24. The Hall–Kier alpha value is -3.57. The van der Waals surface area contributed by atoms with Gasteiger partial charge in [-0.05, 0) is 24.3 Å². The molecule has 1 fully saturated rings. The van der Waals surface area contributed by atoms with Crippen molar-refractivity contribution in [1.29, 1.82) is 5.26 Å². The molecule has 1 aliphatic heterocycles. The maximum Gasteiger partial charge on any atom is 0.292 e. The van der Waals surface area contributed by atoms with Crippen LogP contribution in [0.1, 0.15) is 0 Å². The largest absolute Gasteiger partial charge is 0.373 e. The van der Waals surface area contributed by atoms with E-state index in [1.54, 1.807) is 6.07 Å². The number of carbonyl (C=O) groups excluding carboxylic acids is 1. The summed E-state index contributed by atoms with van der Waals surface area (Å²) in [5.41, 5.74) is 0.734. The number of piperazine rings is 1. The summed E-state index contributed by atoms with van der Waals surface area (Å²) in [5.74, 6) is -0.681. The average Bonchev–Trinajstić information content (AvgIpc) is 2.72. The van der Waals surface area contributed by atoms with Gasteiger partial charge < -0.3 is 15.1 Å². The van der Waals surface area contributed by atoms with Crippen molar-refractivity contribution in [2.45, 2.75) is 0 Å². The molecule has 0 radical (unpaired) electrons. The van der Waals surface area contributed by atoms with Crippen molar-refractivity contribution in [2.75, 3.05) is 36.4 Å². The van der Waals surface area contributed by atoms with Gasteiger partial charge >= 0.3 is 0 Å². The first-order valence-electron chi connectivity index (χ1n) is 8.89. The number of benzene rings is 2. The summed E-state index contributed by atoms with van der Waals surface area (Å²) < 4.78 is 0. The van der Waals surface area contributed by atoms with Crippen molar-refractivity contribution in [3.63, 3.8) is 0 Å². The molecule has 148 valence electrons. The zero-order chi connectivity index (χ0) is 20.8. The Morgan fingerprint density at radius 1 is 1.17 bits per heavy atom. The summed E-state index contributed by atoms with van der Waals surface area (Å²) in [6, 6.07) is 15.3. The van der Waals surface area contributed by atoms with Gasteiger partial charge in [-0.15, -0.1) is 0 Å². The van der Waals surface area contributed by atoms with Crippen molar-refractivity contribution >= 4 is 34.6 Å². The second-order valence-corrected chi connectivity index (χ2v) is 6.82. The third-order valence-corrected chi connectivity index (χ3v) is 4.75. The number of anilines is 2. The van der Waals surface area contributed by atoms with E-state index in [1.807, 2.05) is 35.2 Å². The number of nitriles is 1. The van der Waals surface area contributed by atoms with Crippen molar-refractivity contribution in [2.24, 2.45) is 0 Å². The van der Waals surface area contributed by atoms with Crippen LogP contribution in [0.3, 0.4) is 0 Å². The number of para-hydroxylation sites is 2. The number of nitro groups is 1. The first-order valence-corrected chi connectivity index (χ1v) is 9.27. The summed E-state index contributed by atoms with van der Waals surface area (Å²) >= 11 is 6.04. The SMILES string of the molecule is N#C/C(=C/N1CCN(c2cccc(Cl)c2)CC1)C(=O)Nc1ccccc1[N+](=O)[O-]. The van der Waals surface area contributed by atoms with E-state index < -0.39 is 10.8 Å². The van der Waals surface area contributed by atoms with Gasteiger partial charge in [0.25, 0.3) is 11.6 Å². The third kappa shape index (κ3) is 5.03. The van der Waals surface area contributed by atoms with Crippen LogP contribution in [0.15, 0.2) is 60.3 Å². The van der Waals surface area contributed by atoms with Crippen LogP contribution < -0.4 is 10.2 Å². The van der Waals surface area contributed by atoms with Gasteiger partial charge in [-0.3, -0.25) is 14.9 Å². The van der Waals surface area contributed by atoms with Crippen LogP contribution in [0, 0.1) is 21.4 Å². The normalized spacial score (nSPS) is 14.3. The molecule has 1 heterocycles. The van der Waals surface area contributed by atoms with E-state index in [-0.39, 0.29) is 16.9 Å². The lowest BCUT2D eigenvalue weighted by molar-refractivity contribution is -0.383. The molecular formula is C20H18ClN5O3. The molecule has 29 heavy (non-hydrogen) atoms. The number of halogens is 1. The van der Waals surface area contributed by atoms with Crippen LogP contribution in [0.4, 0.5) is 17.1 Å². The van der Waals surface area contributed by atoms with Gasteiger partial charge in [0.1, 0.15) is 17.3 Å². The monoisotopic (exact) mass is 411 g/mol. The molecule has 9 heteroatoms. The Morgan fingerprint density at radius 2 is 1.90 bits per heavy atom. The lowest BCUT2D eigenvalue weighted by Gasteiger charge is -2.35. The highest BCUT2D eigenvalue weighted by molar-refractivity contribution is 6.30. The van der Waals surface area contributed by atoms with Gasteiger partial charge in [0.15, 0.2) is 0 Å². The smallest absolute Gasteiger partial charge is 0.292 e. The van der Waals surface area contributed by atoms with Crippen LogP contribution in [-0.2, 0) is 4.79 Å². The number of rotatable bonds is 5. The highest BCUT2D eigenvalue weighted by Gasteiger charge is 2.20. The van der Waals surface area contributed by atoms with Crippen LogP contribution in [0.25, 0.3) is 0 Å². The van der Waals surface area contributed by atoms with Crippen LogP contribution >= 0.6 is 11.6 Å². The molecule has 0 aromatic heterocycles. The Kier molecular flexibility index (Phi) is 6.32. The molecular weight excluding hydrogens is 394 g/mol. The quantitative estimate of drug-likeness (QED) is 0.350. The van der Waals surface area contributed by atoms with E-state index in [2.05, 4.69) is 10.2 Å². The van der Waals surface area contributed by atoms with Gasteiger partial charge in [0.2, 0.25) is 0 Å². The fourth-order valence-electron chi connectivity index (χ4n) is 3.03. The van der Waals surface area contributed by atoms with Crippen LogP contribution in [-0.4, -0.2) is 41.9 Å². The van der Waals surface area contributed by atoms with E-state index in [1.165, 1.54) is 24.4 Å². The molecule has 1 aliphatic rings. The first kappa shape index (κ1) is 20.2.